The normalized spacial score (nSPS) is 11.8. The summed E-state index contributed by atoms with van der Waals surface area (Å²) in [6.45, 7) is 6.48. The first-order chi connectivity index (χ1) is 8.34. The highest BCUT2D eigenvalue weighted by Crippen LogP contribution is 2.36. The highest BCUT2D eigenvalue weighted by molar-refractivity contribution is 7.23. The zero-order valence-electron chi connectivity index (χ0n) is 11.0. The fourth-order valence-corrected chi connectivity index (χ4v) is 2.89. The maximum atomic E-state index is 11.7. The van der Waals surface area contributed by atoms with Gasteiger partial charge in [0.05, 0.1) is 7.11 Å². The maximum absolute atomic E-state index is 11.7. The third kappa shape index (κ3) is 2.08. The lowest BCUT2D eigenvalue weighted by Crippen LogP contribution is -2.10. The van der Waals surface area contributed by atoms with E-state index in [9.17, 15) is 4.79 Å². The van der Waals surface area contributed by atoms with Gasteiger partial charge in [0.15, 0.2) is 0 Å². The number of esters is 1. The van der Waals surface area contributed by atoms with E-state index in [-0.39, 0.29) is 11.4 Å². The zero-order valence-corrected chi connectivity index (χ0v) is 11.9. The molecule has 0 radical (unpaired) electrons. The van der Waals surface area contributed by atoms with Gasteiger partial charge < -0.3 is 10.5 Å². The summed E-state index contributed by atoms with van der Waals surface area (Å²) >= 11 is 1.43. The Labute approximate surface area is 111 Å². The van der Waals surface area contributed by atoms with Crippen molar-refractivity contribution in [1.29, 1.82) is 0 Å². The number of rotatable bonds is 1. The van der Waals surface area contributed by atoms with Crippen molar-refractivity contribution in [2.24, 2.45) is 0 Å². The fourth-order valence-electron chi connectivity index (χ4n) is 1.89. The van der Waals surface area contributed by atoms with Crippen LogP contribution in [0.25, 0.3) is 10.1 Å². The van der Waals surface area contributed by atoms with Crippen LogP contribution in [-0.2, 0) is 10.2 Å². The lowest BCUT2D eigenvalue weighted by molar-refractivity contribution is 0.0604. The molecule has 0 aliphatic carbocycles. The summed E-state index contributed by atoms with van der Waals surface area (Å²) in [6.07, 6.45) is 0. The first-order valence-electron chi connectivity index (χ1n) is 5.75. The molecule has 0 saturated heterocycles. The molecule has 3 nitrogen and oxygen atoms in total. The lowest BCUT2D eigenvalue weighted by atomic mass is 9.87. The molecule has 4 heteroatoms. The van der Waals surface area contributed by atoms with Crippen LogP contribution in [0.5, 0.6) is 0 Å². The molecule has 0 unspecified atom stereocenters. The number of hydrogen-bond donors (Lipinski definition) is 1. The molecule has 2 N–H and O–H groups in total. The van der Waals surface area contributed by atoms with Crippen molar-refractivity contribution in [1.82, 2.24) is 0 Å². The van der Waals surface area contributed by atoms with Crippen LogP contribution in [-0.4, -0.2) is 13.1 Å². The van der Waals surface area contributed by atoms with Gasteiger partial charge in [-0.1, -0.05) is 32.9 Å². The van der Waals surface area contributed by atoms with Gasteiger partial charge in [0.2, 0.25) is 0 Å². The highest BCUT2D eigenvalue weighted by Gasteiger charge is 2.20. The van der Waals surface area contributed by atoms with Crippen LogP contribution in [0.2, 0.25) is 0 Å². The molecule has 1 aromatic heterocycles. The molecule has 0 aliphatic rings. The monoisotopic (exact) mass is 263 g/mol. The average molecular weight is 263 g/mol. The van der Waals surface area contributed by atoms with E-state index < -0.39 is 0 Å². The van der Waals surface area contributed by atoms with Crippen molar-refractivity contribution in [3.63, 3.8) is 0 Å². The predicted octanol–water partition coefficient (Wildman–Crippen LogP) is 3.57. The Morgan fingerprint density at radius 1 is 1.33 bits per heavy atom. The third-order valence-electron chi connectivity index (χ3n) is 2.97. The smallest absolute Gasteiger partial charge is 0.341 e. The molecule has 0 aliphatic heterocycles. The molecule has 0 bridgehead atoms. The molecule has 0 saturated carbocycles. The van der Waals surface area contributed by atoms with Gasteiger partial charge >= 0.3 is 5.97 Å². The van der Waals surface area contributed by atoms with E-state index >= 15 is 0 Å². The molecule has 96 valence electrons. The summed E-state index contributed by atoms with van der Waals surface area (Å²) in [4.78, 5) is 11.7. The average Bonchev–Trinajstić information content (AvgIpc) is 2.61. The number of methoxy groups -OCH3 is 1. The van der Waals surface area contributed by atoms with Crippen molar-refractivity contribution in [2.75, 3.05) is 12.8 Å². The minimum Gasteiger partial charge on any atom is -0.465 e. The summed E-state index contributed by atoms with van der Waals surface area (Å²) in [5.41, 5.74) is 7.70. The number of ether oxygens (including phenoxy) is 1. The Hall–Kier alpha value is -1.55. The summed E-state index contributed by atoms with van der Waals surface area (Å²) in [7, 11) is 1.37. The SMILES string of the molecule is COC(=O)c1c(N)sc2cc(C(C)(C)C)ccc12. The number of nitrogen functional groups attached to an aromatic ring is 1. The summed E-state index contributed by atoms with van der Waals surface area (Å²) < 4.78 is 5.80. The Balaban J connectivity index is 2.65. The topological polar surface area (TPSA) is 52.3 Å². The summed E-state index contributed by atoms with van der Waals surface area (Å²) in [5.74, 6) is -0.373. The lowest BCUT2D eigenvalue weighted by Gasteiger charge is -2.18. The van der Waals surface area contributed by atoms with Crippen molar-refractivity contribution < 1.29 is 9.53 Å². The predicted molar refractivity (Wildman–Crippen MR) is 76.3 cm³/mol. The van der Waals surface area contributed by atoms with Gasteiger partial charge in [0.25, 0.3) is 0 Å². The molecule has 0 atom stereocenters. The van der Waals surface area contributed by atoms with Crippen molar-refractivity contribution >= 4 is 32.4 Å². The molecule has 18 heavy (non-hydrogen) atoms. The van der Waals surface area contributed by atoms with E-state index in [2.05, 4.69) is 26.8 Å². The number of thiophene rings is 1. The van der Waals surface area contributed by atoms with Gasteiger partial charge in [-0.05, 0) is 17.0 Å². The van der Waals surface area contributed by atoms with Gasteiger partial charge in [0, 0.05) is 10.1 Å². The van der Waals surface area contributed by atoms with Crippen LogP contribution in [0.3, 0.4) is 0 Å². The van der Waals surface area contributed by atoms with Crippen LogP contribution in [0.1, 0.15) is 36.7 Å². The standard InChI is InChI=1S/C14H17NO2S/c1-14(2,3)8-5-6-9-10(7-8)18-12(15)11(9)13(16)17-4/h5-7H,15H2,1-4H3. The number of fused-ring (bicyclic) bond motifs is 1. The van der Waals surface area contributed by atoms with Gasteiger partial charge in [0.1, 0.15) is 10.6 Å². The minimum absolute atomic E-state index is 0.0817. The van der Waals surface area contributed by atoms with Crippen molar-refractivity contribution in [3.8, 4) is 0 Å². The zero-order chi connectivity index (χ0) is 13.5. The second-order valence-corrected chi connectivity index (χ2v) is 6.38. The molecule has 2 rings (SSSR count). The first-order valence-corrected chi connectivity index (χ1v) is 6.57. The Bertz CT molecular complexity index is 608. The van der Waals surface area contributed by atoms with E-state index in [1.807, 2.05) is 12.1 Å². The third-order valence-corrected chi connectivity index (χ3v) is 3.95. The van der Waals surface area contributed by atoms with E-state index in [0.29, 0.717) is 10.6 Å². The number of anilines is 1. The largest absolute Gasteiger partial charge is 0.465 e. The molecule has 1 aromatic carbocycles. The van der Waals surface area contributed by atoms with Crippen LogP contribution in [0.15, 0.2) is 18.2 Å². The van der Waals surface area contributed by atoms with E-state index in [1.54, 1.807) is 0 Å². The summed E-state index contributed by atoms with van der Waals surface area (Å²) in [5, 5.41) is 1.39. The van der Waals surface area contributed by atoms with Crippen molar-refractivity contribution in [3.05, 3.63) is 29.3 Å². The van der Waals surface area contributed by atoms with Crippen LogP contribution >= 0.6 is 11.3 Å². The number of nitrogens with two attached hydrogens (primary N) is 1. The van der Waals surface area contributed by atoms with E-state index in [1.165, 1.54) is 24.0 Å². The van der Waals surface area contributed by atoms with Gasteiger partial charge in [-0.3, -0.25) is 0 Å². The molecule has 0 amide bonds. The quantitative estimate of drug-likeness (QED) is 0.800. The van der Waals surface area contributed by atoms with E-state index in [0.717, 1.165) is 10.1 Å². The molecule has 0 spiro atoms. The number of carbonyl (C=O) groups is 1. The Morgan fingerprint density at radius 2 is 2.00 bits per heavy atom. The second-order valence-electron chi connectivity index (χ2n) is 5.29. The van der Waals surface area contributed by atoms with E-state index in [4.69, 9.17) is 10.5 Å². The summed E-state index contributed by atoms with van der Waals surface area (Å²) in [6, 6.07) is 6.10. The Kier molecular flexibility index (Phi) is 3.07. The van der Waals surface area contributed by atoms with Crippen LogP contribution in [0.4, 0.5) is 5.00 Å². The van der Waals surface area contributed by atoms with Crippen LogP contribution < -0.4 is 5.73 Å². The van der Waals surface area contributed by atoms with Crippen molar-refractivity contribution in [2.45, 2.75) is 26.2 Å². The van der Waals surface area contributed by atoms with Gasteiger partial charge in [-0.15, -0.1) is 11.3 Å². The fraction of sp³-hybridized carbons (Fsp3) is 0.357. The minimum atomic E-state index is -0.373. The van der Waals surface area contributed by atoms with Gasteiger partial charge in [-0.2, -0.15) is 0 Å². The molecular formula is C14H17NO2S. The molecule has 1 heterocycles. The molecule has 2 aromatic rings. The molecular weight excluding hydrogens is 246 g/mol. The maximum Gasteiger partial charge on any atom is 0.341 e. The second kappa shape index (κ2) is 4.28. The number of carbonyl (C=O) groups excluding carboxylic acids is 1. The Morgan fingerprint density at radius 3 is 2.56 bits per heavy atom. The first kappa shape index (κ1) is 12.9. The number of benzene rings is 1. The number of hydrogen-bond acceptors (Lipinski definition) is 4. The molecule has 0 fully saturated rings. The highest BCUT2D eigenvalue weighted by atomic mass is 32.1. The van der Waals surface area contributed by atoms with Gasteiger partial charge in [-0.25, -0.2) is 4.79 Å². The van der Waals surface area contributed by atoms with Crippen LogP contribution in [0, 0.1) is 0 Å².